The number of nitrogens with one attached hydrogen (secondary N) is 2. The van der Waals surface area contributed by atoms with Crippen LogP contribution in [0, 0.1) is 5.92 Å². The normalized spacial score (nSPS) is 22.4. The summed E-state index contributed by atoms with van der Waals surface area (Å²) in [6, 6.07) is 2.71. The number of hydrazine groups is 1. The summed E-state index contributed by atoms with van der Waals surface area (Å²) >= 11 is 1.72. The van der Waals surface area contributed by atoms with Gasteiger partial charge in [0.2, 0.25) is 5.95 Å². The van der Waals surface area contributed by atoms with Crippen LogP contribution < -0.4 is 16.6 Å². The van der Waals surface area contributed by atoms with Gasteiger partial charge in [-0.25, -0.2) is 10.8 Å². The maximum absolute atomic E-state index is 5.50. The number of aromatic nitrogens is 2. The first-order chi connectivity index (χ1) is 10.2. The van der Waals surface area contributed by atoms with Crippen LogP contribution in [0.3, 0.4) is 0 Å². The zero-order chi connectivity index (χ0) is 14.8. The van der Waals surface area contributed by atoms with E-state index in [9.17, 15) is 0 Å². The van der Waals surface area contributed by atoms with Gasteiger partial charge in [0.1, 0.15) is 10.6 Å². The standard InChI is InChI=1S/C15H23N5S/c1-3-11-8-12-13(17-10-6-4-9(2)5-7-10)18-15(20-16)19-14(12)21-11/h8-10H,3-7,16H2,1-2H3,(H2,17,18,19,20). The maximum atomic E-state index is 5.50. The van der Waals surface area contributed by atoms with Crippen LogP contribution in [0.2, 0.25) is 0 Å². The Morgan fingerprint density at radius 1 is 1.29 bits per heavy atom. The summed E-state index contributed by atoms with van der Waals surface area (Å²) in [5.74, 6) is 7.76. The van der Waals surface area contributed by atoms with Gasteiger partial charge in [0.05, 0.1) is 5.39 Å². The molecule has 0 unspecified atom stereocenters. The molecule has 1 fully saturated rings. The molecule has 1 aliphatic rings. The predicted molar refractivity (Wildman–Crippen MR) is 89.6 cm³/mol. The highest BCUT2D eigenvalue weighted by atomic mass is 32.1. The van der Waals surface area contributed by atoms with Gasteiger partial charge in [-0.05, 0) is 44.1 Å². The lowest BCUT2D eigenvalue weighted by molar-refractivity contribution is 0.361. The molecular formula is C15H23N5S. The number of nitrogens with zero attached hydrogens (tertiary/aromatic N) is 2. The molecule has 3 rings (SSSR count). The highest BCUT2D eigenvalue weighted by Crippen LogP contribution is 2.32. The fourth-order valence-corrected chi connectivity index (χ4v) is 3.89. The second-order valence-electron chi connectivity index (χ2n) is 5.93. The minimum Gasteiger partial charge on any atom is -0.367 e. The van der Waals surface area contributed by atoms with Crippen molar-refractivity contribution < 1.29 is 0 Å². The lowest BCUT2D eigenvalue weighted by Gasteiger charge is -2.27. The van der Waals surface area contributed by atoms with Crippen LogP contribution >= 0.6 is 11.3 Å². The van der Waals surface area contributed by atoms with Gasteiger partial charge in [-0.1, -0.05) is 13.8 Å². The van der Waals surface area contributed by atoms with E-state index in [4.69, 9.17) is 5.84 Å². The first-order valence-corrected chi connectivity index (χ1v) is 8.54. The van der Waals surface area contributed by atoms with E-state index >= 15 is 0 Å². The third-order valence-corrected chi connectivity index (χ3v) is 5.45. The molecule has 0 aliphatic heterocycles. The van der Waals surface area contributed by atoms with Crippen molar-refractivity contribution in [2.45, 2.75) is 52.0 Å². The zero-order valence-electron chi connectivity index (χ0n) is 12.6. The Morgan fingerprint density at radius 2 is 2.05 bits per heavy atom. The van der Waals surface area contributed by atoms with Crippen molar-refractivity contribution in [3.8, 4) is 0 Å². The summed E-state index contributed by atoms with van der Waals surface area (Å²) in [4.78, 5) is 11.3. The van der Waals surface area contributed by atoms with Crippen molar-refractivity contribution in [3.63, 3.8) is 0 Å². The zero-order valence-corrected chi connectivity index (χ0v) is 13.5. The monoisotopic (exact) mass is 305 g/mol. The van der Waals surface area contributed by atoms with Gasteiger partial charge in [-0.3, -0.25) is 5.43 Å². The molecule has 2 aromatic rings. The van der Waals surface area contributed by atoms with E-state index in [1.807, 2.05) is 0 Å². The molecule has 0 spiro atoms. The van der Waals surface area contributed by atoms with Gasteiger partial charge in [0.15, 0.2) is 0 Å². The Hall–Kier alpha value is -1.40. The molecule has 0 atom stereocenters. The first kappa shape index (κ1) is 14.5. The van der Waals surface area contributed by atoms with Crippen LogP contribution in [-0.4, -0.2) is 16.0 Å². The molecule has 5 nitrogen and oxygen atoms in total. The fourth-order valence-electron chi connectivity index (χ4n) is 2.92. The van der Waals surface area contributed by atoms with Crippen LogP contribution in [0.25, 0.3) is 10.2 Å². The van der Waals surface area contributed by atoms with E-state index in [0.29, 0.717) is 12.0 Å². The average molecular weight is 305 g/mol. The molecular weight excluding hydrogens is 282 g/mol. The van der Waals surface area contributed by atoms with Gasteiger partial charge >= 0.3 is 0 Å². The Balaban J connectivity index is 1.90. The first-order valence-electron chi connectivity index (χ1n) is 7.73. The minimum atomic E-state index is 0.485. The molecule has 2 aromatic heterocycles. The van der Waals surface area contributed by atoms with Crippen LogP contribution in [0.5, 0.6) is 0 Å². The van der Waals surface area contributed by atoms with Gasteiger partial charge in [0.25, 0.3) is 0 Å². The molecule has 0 bridgehead atoms. The van der Waals surface area contributed by atoms with Crippen molar-refractivity contribution in [1.82, 2.24) is 9.97 Å². The van der Waals surface area contributed by atoms with Crippen LogP contribution in [0.15, 0.2) is 6.07 Å². The quantitative estimate of drug-likeness (QED) is 0.595. The third kappa shape index (κ3) is 3.11. The summed E-state index contributed by atoms with van der Waals surface area (Å²) in [5, 5.41) is 4.74. The summed E-state index contributed by atoms with van der Waals surface area (Å²) in [6.45, 7) is 4.50. The molecule has 6 heteroatoms. The Morgan fingerprint density at radius 3 is 2.71 bits per heavy atom. The average Bonchev–Trinajstić information content (AvgIpc) is 2.92. The van der Waals surface area contributed by atoms with E-state index in [1.54, 1.807) is 11.3 Å². The SMILES string of the molecule is CCc1cc2c(NC3CCC(C)CC3)nc(NN)nc2s1. The number of nitrogens with two attached hydrogens (primary N) is 1. The fraction of sp³-hybridized carbons (Fsp3) is 0.600. The number of aryl methyl sites for hydroxylation is 1. The number of anilines is 2. The maximum Gasteiger partial charge on any atom is 0.240 e. The minimum absolute atomic E-state index is 0.485. The highest BCUT2D eigenvalue weighted by molar-refractivity contribution is 7.18. The van der Waals surface area contributed by atoms with Gasteiger partial charge in [-0.2, -0.15) is 4.98 Å². The van der Waals surface area contributed by atoms with Gasteiger partial charge in [-0.15, -0.1) is 11.3 Å². The summed E-state index contributed by atoms with van der Waals surface area (Å²) in [7, 11) is 0. The molecule has 1 aliphatic carbocycles. The lowest BCUT2D eigenvalue weighted by atomic mass is 9.87. The number of nitrogen functional groups attached to an aromatic ring is 1. The van der Waals surface area contributed by atoms with Crippen molar-refractivity contribution in [2.75, 3.05) is 10.7 Å². The molecule has 2 heterocycles. The largest absolute Gasteiger partial charge is 0.367 e. The molecule has 1 saturated carbocycles. The van der Waals surface area contributed by atoms with E-state index in [2.05, 4.69) is 40.6 Å². The van der Waals surface area contributed by atoms with Crippen molar-refractivity contribution >= 4 is 33.3 Å². The molecule has 0 radical (unpaired) electrons. The molecule has 0 saturated heterocycles. The molecule has 114 valence electrons. The van der Waals surface area contributed by atoms with Crippen LogP contribution in [-0.2, 0) is 6.42 Å². The van der Waals surface area contributed by atoms with Gasteiger partial charge < -0.3 is 5.32 Å². The molecule has 0 aromatic carbocycles. The topological polar surface area (TPSA) is 75.9 Å². The number of fused-ring (bicyclic) bond motifs is 1. The van der Waals surface area contributed by atoms with Crippen molar-refractivity contribution in [2.24, 2.45) is 11.8 Å². The second-order valence-corrected chi connectivity index (χ2v) is 7.04. The second kappa shape index (κ2) is 6.15. The summed E-state index contributed by atoms with van der Waals surface area (Å²) in [6.07, 6.45) is 6.02. The van der Waals surface area contributed by atoms with E-state index in [-0.39, 0.29) is 0 Å². The lowest BCUT2D eigenvalue weighted by Crippen LogP contribution is -2.26. The molecule has 0 amide bonds. The summed E-state index contributed by atoms with van der Waals surface area (Å²) < 4.78 is 0. The van der Waals surface area contributed by atoms with E-state index in [0.717, 1.165) is 28.4 Å². The predicted octanol–water partition coefficient (Wildman–Crippen LogP) is 3.53. The van der Waals surface area contributed by atoms with E-state index < -0.39 is 0 Å². The number of thiophene rings is 1. The Kier molecular flexibility index (Phi) is 4.26. The van der Waals surface area contributed by atoms with Crippen molar-refractivity contribution in [1.29, 1.82) is 0 Å². The Labute approximate surface area is 129 Å². The van der Waals surface area contributed by atoms with Gasteiger partial charge in [0, 0.05) is 10.9 Å². The number of rotatable bonds is 4. The number of hydrogen-bond donors (Lipinski definition) is 3. The van der Waals surface area contributed by atoms with Crippen LogP contribution in [0.4, 0.5) is 11.8 Å². The molecule has 21 heavy (non-hydrogen) atoms. The highest BCUT2D eigenvalue weighted by Gasteiger charge is 2.20. The molecule has 4 N–H and O–H groups in total. The van der Waals surface area contributed by atoms with Crippen LogP contribution in [0.1, 0.15) is 44.4 Å². The van der Waals surface area contributed by atoms with E-state index in [1.165, 1.54) is 30.6 Å². The smallest absolute Gasteiger partial charge is 0.240 e. The number of hydrogen-bond acceptors (Lipinski definition) is 6. The Bertz CT molecular complexity index is 616. The van der Waals surface area contributed by atoms with Crippen molar-refractivity contribution in [3.05, 3.63) is 10.9 Å². The third-order valence-electron chi connectivity index (χ3n) is 4.28. The summed E-state index contributed by atoms with van der Waals surface area (Å²) in [5.41, 5.74) is 2.58.